The first-order valence-electron chi connectivity index (χ1n) is 7.29. The largest absolute Gasteiger partial charge is 0.380 e. The van der Waals surface area contributed by atoms with Crippen molar-refractivity contribution >= 4 is 0 Å². The molecule has 3 heteroatoms. The Kier molecular flexibility index (Phi) is 7.82. The molecule has 3 nitrogen and oxygen atoms in total. The first kappa shape index (κ1) is 14.9. The number of rotatable bonds is 9. The summed E-state index contributed by atoms with van der Waals surface area (Å²) in [6.45, 7) is 12.0. The van der Waals surface area contributed by atoms with Gasteiger partial charge in [-0.25, -0.2) is 0 Å². The lowest BCUT2D eigenvalue weighted by molar-refractivity contribution is 0.0871. The standard InChI is InChI=1S/C14H30N2O/c1-4-5-10-17-11-9-16(13(2)3)12-14-7-6-8-15-14/h13-15H,4-12H2,1-3H3. The summed E-state index contributed by atoms with van der Waals surface area (Å²) in [5.41, 5.74) is 0. The van der Waals surface area contributed by atoms with Gasteiger partial charge in [0.05, 0.1) is 6.61 Å². The fourth-order valence-electron chi connectivity index (χ4n) is 2.29. The van der Waals surface area contributed by atoms with Gasteiger partial charge in [0.1, 0.15) is 0 Å². The third-order valence-electron chi connectivity index (χ3n) is 3.51. The molecule has 0 radical (unpaired) electrons. The molecule has 0 aromatic carbocycles. The van der Waals surface area contributed by atoms with Crippen molar-refractivity contribution in [1.29, 1.82) is 0 Å². The van der Waals surface area contributed by atoms with Gasteiger partial charge in [0, 0.05) is 31.8 Å². The Morgan fingerprint density at radius 2 is 2.18 bits per heavy atom. The summed E-state index contributed by atoms with van der Waals surface area (Å²) in [6, 6.07) is 1.32. The molecule has 17 heavy (non-hydrogen) atoms. The van der Waals surface area contributed by atoms with Crippen LogP contribution in [0.3, 0.4) is 0 Å². The molecule has 0 aromatic heterocycles. The smallest absolute Gasteiger partial charge is 0.0593 e. The van der Waals surface area contributed by atoms with Gasteiger partial charge in [-0.2, -0.15) is 0 Å². The van der Waals surface area contributed by atoms with Crippen molar-refractivity contribution in [2.24, 2.45) is 0 Å². The normalized spacial score (nSPS) is 20.6. The summed E-state index contributed by atoms with van der Waals surface area (Å²) < 4.78 is 5.66. The zero-order chi connectivity index (χ0) is 12.5. The van der Waals surface area contributed by atoms with Gasteiger partial charge in [-0.1, -0.05) is 13.3 Å². The third-order valence-corrected chi connectivity index (χ3v) is 3.51. The lowest BCUT2D eigenvalue weighted by Crippen LogP contribution is -2.42. The molecule has 1 heterocycles. The maximum Gasteiger partial charge on any atom is 0.0593 e. The van der Waals surface area contributed by atoms with E-state index in [0.29, 0.717) is 12.1 Å². The van der Waals surface area contributed by atoms with Crippen molar-refractivity contribution in [3.8, 4) is 0 Å². The van der Waals surface area contributed by atoms with Gasteiger partial charge in [0.25, 0.3) is 0 Å². The van der Waals surface area contributed by atoms with E-state index in [2.05, 4.69) is 31.0 Å². The van der Waals surface area contributed by atoms with E-state index in [-0.39, 0.29) is 0 Å². The number of nitrogens with one attached hydrogen (secondary N) is 1. The predicted octanol–water partition coefficient (Wildman–Crippen LogP) is 2.27. The van der Waals surface area contributed by atoms with Gasteiger partial charge in [-0.15, -0.1) is 0 Å². The zero-order valence-electron chi connectivity index (χ0n) is 11.9. The molecule has 1 unspecified atom stereocenters. The Bertz CT molecular complexity index is 179. The van der Waals surface area contributed by atoms with Crippen LogP contribution in [-0.2, 0) is 4.74 Å². The van der Waals surface area contributed by atoms with E-state index < -0.39 is 0 Å². The number of hydrogen-bond acceptors (Lipinski definition) is 3. The SMILES string of the molecule is CCCCOCCN(CC1CCCN1)C(C)C. The van der Waals surface area contributed by atoms with Crippen molar-refractivity contribution in [2.45, 2.75) is 58.5 Å². The Balaban J connectivity index is 2.13. The number of nitrogens with zero attached hydrogens (tertiary/aromatic N) is 1. The average molecular weight is 242 g/mol. The topological polar surface area (TPSA) is 24.5 Å². The van der Waals surface area contributed by atoms with Crippen LogP contribution < -0.4 is 5.32 Å². The third kappa shape index (κ3) is 6.39. The number of ether oxygens (including phenoxy) is 1. The molecule has 1 N–H and O–H groups in total. The van der Waals surface area contributed by atoms with E-state index in [1.54, 1.807) is 0 Å². The number of hydrogen-bond donors (Lipinski definition) is 1. The van der Waals surface area contributed by atoms with E-state index in [1.807, 2.05) is 0 Å². The Labute approximate surface area is 107 Å². The summed E-state index contributed by atoms with van der Waals surface area (Å²) in [6.07, 6.45) is 5.08. The molecular weight excluding hydrogens is 212 g/mol. The van der Waals surface area contributed by atoms with Crippen molar-refractivity contribution in [3.05, 3.63) is 0 Å². The zero-order valence-corrected chi connectivity index (χ0v) is 11.9. The minimum atomic E-state index is 0.618. The quantitative estimate of drug-likeness (QED) is 0.628. The fourth-order valence-corrected chi connectivity index (χ4v) is 2.29. The lowest BCUT2D eigenvalue weighted by atomic mass is 10.2. The van der Waals surface area contributed by atoms with Crippen molar-refractivity contribution in [3.63, 3.8) is 0 Å². The van der Waals surface area contributed by atoms with Gasteiger partial charge >= 0.3 is 0 Å². The molecule has 0 saturated carbocycles. The van der Waals surface area contributed by atoms with Crippen LogP contribution in [0.5, 0.6) is 0 Å². The molecule has 1 atom stereocenters. The second kappa shape index (κ2) is 8.90. The molecule has 0 bridgehead atoms. The van der Waals surface area contributed by atoms with Gasteiger partial charge in [-0.3, -0.25) is 4.90 Å². The maximum atomic E-state index is 5.66. The molecule has 1 aliphatic heterocycles. The highest BCUT2D eigenvalue weighted by atomic mass is 16.5. The Morgan fingerprint density at radius 3 is 2.76 bits per heavy atom. The summed E-state index contributed by atoms with van der Waals surface area (Å²) in [7, 11) is 0. The summed E-state index contributed by atoms with van der Waals surface area (Å²) in [5, 5.41) is 3.57. The van der Waals surface area contributed by atoms with Crippen LogP contribution in [0, 0.1) is 0 Å². The summed E-state index contributed by atoms with van der Waals surface area (Å²) >= 11 is 0. The fraction of sp³-hybridized carbons (Fsp3) is 1.00. The minimum absolute atomic E-state index is 0.618. The van der Waals surface area contributed by atoms with E-state index >= 15 is 0 Å². The summed E-state index contributed by atoms with van der Waals surface area (Å²) in [5.74, 6) is 0. The van der Waals surface area contributed by atoms with Crippen LogP contribution in [0.1, 0.15) is 46.5 Å². The van der Waals surface area contributed by atoms with Crippen LogP contribution in [0.15, 0.2) is 0 Å². The monoisotopic (exact) mass is 242 g/mol. The second-order valence-corrected chi connectivity index (χ2v) is 5.35. The minimum Gasteiger partial charge on any atom is -0.380 e. The van der Waals surface area contributed by atoms with Gasteiger partial charge in [0.15, 0.2) is 0 Å². The Morgan fingerprint density at radius 1 is 1.35 bits per heavy atom. The molecule has 1 saturated heterocycles. The molecule has 102 valence electrons. The molecule has 0 spiro atoms. The number of unbranched alkanes of at least 4 members (excludes halogenated alkanes) is 1. The highest BCUT2D eigenvalue weighted by molar-refractivity contribution is 4.79. The molecule has 1 fully saturated rings. The molecule has 1 rings (SSSR count). The van der Waals surface area contributed by atoms with Crippen LogP contribution in [-0.4, -0.2) is 49.8 Å². The van der Waals surface area contributed by atoms with Crippen LogP contribution in [0.4, 0.5) is 0 Å². The van der Waals surface area contributed by atoms with E-state index in [9.17, 15) is 0 Å². The van der Waals surface area contributed by atoms with E-state index in [1.165, 1.54) is 38.8 Å². The molecule has 0 aliphatic carbocycles. The van der Waals surface area contributed by atoms with Gasteiger partial charge in [-0.05, 0) is 39.7 Å². The lowest BCUT2D eigenvalue weighted by Gasteiger charge is -2.29. The van der Waals surface area contributed by atoms with Crippen LogP contribution in [0.2, 0.25) is 0 Å². The summed E-state index contributed by atoms with van der Waals surface area (Å²) in [4.78, 5) is 2.54. The molecule has 1 aliphatic rings. The van der Waals surface area contributed by atoms with Gasteiger partial charge < -0.3 is 10.1 Å². The molecular formula is C14H30N2O. The molecule has 0 amide bonds. The highest BCUT2D eigenvalue weighted by Crippen LogP contribution is 2.09. The van der Waals surface area contributed by atoms with Gasteiger partial charge in [0.2, 0.25) is 0 Å². The second-order valence-electron chi connectivity index (χ2n) is 5.35. The first-order chi connectivity index (χ1) is 8.24. The van der Waals surface area contributed by atoms with Crippen molar-refractivity contribution < 1.29 is 4.74 Å². The Hall–Kier alpha value is -0.120. The van der Waals surface area contributed by atoms with E-state index in [0.717, 1.165) is 19.8 Å². The first-order valence-corrected chi connectivity index (χ1v) is 7.29. The van der Waals surface area contributed by atoms with Crippen molar-refractivity contribution in [1.82, 2.24) is 10.2 Å². The van der Waals surface area contributed by atoms with Crippen LogP contribution >= 0.6 is 0 Å². The predicted molar refractivity (Wildman–Crippen MR) is 73.5 cm³/mol. The van der Waals surface area contributed by atoms with Crippen LogP contribution in [0.25, 0.3) is 0 Å². The van der Waals surface area contributed by atoms with E-state index in [4.69, 9.17) is 4.74 Å². The highest BCUT2D eigenvalue weighted by Gasteiger charge is 2.19. The average Bonchev–Trinajstić information content (AvgIpc) is 2.79. The maximum absolute atomic E-state index is 5.66. The van der Waals surface area contributed by atoms with Crippen molar-refractivity contribution in [2.75, 3.05) is 32.8 Å². The molecule has 0 aromatic rings.